The third-order valence-corrected chi connectivity index (χ3v) is 5.09. The van der Waals surface area contributed by atoms with Crippen molar-refractivity contribution in [1.82, 2.24) is 10.2 Å². The maximum Gasteiger partial charge on any atom is 0.319 e. The van der Waals surface area contributed by atoms with Gasteiger partial charge in [-0.3, -0.25) is 4.79 Å². The lowest BCUT2D eigenvalue weighted by Crippen LogP contribution is -2.22. The molecule has 0 amide bonds. The summed E-state index contributed by atoms with van der Waals surface area (Å²) in [7, 11) is 0. The van der Waals surface area contributed by atoms with Gasteiger partial charge in [-0.05, 0) is 31.0 Å². The third-order valence-electron chi connectivity index (χ3n) is 2.55. The van der Waals surface area contributed by atoms with Gasteiger partial charge < -0.3 is 10.5 Å². The number of carbonyl (C=O) groups excluding carboxylic acids is 1. The van der Waals surface area contributed by atoms with E-state index in [-0.39, 0.29) is 11.2 Å². The summed E-state index contributed by atoms with van der Waals surface area (Å²) in [5.74, 6) is -0.251. The topological polar surface area (TPSA) is 78.1 Å². The highest BCUT2D eigenvalue weighted by molar-refractivity contribution is 9.10. The van der Waals surface area contributed by atoms with Gasteiger partial charge in [0.25, 0.3) is 0 Å². The summed E-state index contributed by atoms with van der Waals surface area (Å²) < 4.78 is 6.81. The SMILES string of the molecule is CCOC(=O)[C@H](Cc1ccc(Br)cc1)Sc1nnc(N)s1. The second-order valence-corrected chi connectivity index (χ2v) is 7.47. The molecule has 0 spiro atoms. The number of esters is 1. The molecule has 0 saturated heterocycles. The standard InChI is InChI=1S/C13H14BrN3O2S2/c1-2-19-11(18)10(20-13-17-16-12(15)21-13)7-8-3-5-9(14)6-4-8/h3-6,10H,2,7H2,1H3,(H2,15,16)/t10-/m0/s1. The van der Waals surface area contributed by atoms with E-state index in [0.29, 0.717) is 22.5 Å². The zero-order valence-electron chi connectivity index (χ0n) is 11.3. The van der Waals surface area contributed by atoms with Crippen LogP contribution in [0.15, 0.2) is 33.1 Å². The van der Waals surface area contributed by atoms with Crippen LogP contribution in [0.2, 0.25) is 0 Å². The molecule has 0 fully saturated rings. The second kappa shape index (κ2) is 7.77. The molecule has 2 rings (SSSR count). The van der Waals surface area contributed by atoms with Crippen molar-refractivity contribution in [3.8, 4) is 0 Å². The number of benzene rings is 1. The molecule has 21 heavy (non-hydrogen) atoms. The number of carbonyl (C=O) groups is 1. The number of thioether (sulfide) groups is 1. The monoisotopic (exact) mass is 387 g/mol. The number of nitrogens with zero attached hydrogens (tertiary/aromatic N) is 2. The Morgan fingerprint density at radius 1 is 1.43 bits per heavy atom. The lowest BCUT2D eigenvalue weighted by atomic mass is 10.1. The molecule has 0 aliphatic heterocycles. The highest BCUT2D eigenvalue weighted by Crippen LogP contribution is 2.30. The van der Waals surface area contributed by atoms with Crippen LogP contribution in [-0.4, -0.2) is 28.0 Å². The van der Waals surface area contributed by atoms with Gasteiger partial charge in [0.05, 0.1) is 6.61 Å². The molecular formula is C13H14BrN3O2S2. The molecule has 0 aliphatic carbocycles. The van der Waals surface area contributed by atoms with E-state index in [0.717, 1.165) is 10.0 Å². The first-order valence-electron chi connectivity index (χ1n) is 6.25. The zero-order chi connectivity index (χ0) is 15.2. The number of rotatable bonds is 6. The molecule has 5 nitrogen and oxygen atoms in total. The van der Waals surface area contributed by atoms with Gasteiger partial charge in [-0.15, -0.1) is 10.2 Å². The molecule has 0 saturated carbocycles. The molecule has 8 heteroatoms. The van der Waals surface area contributed by atoms with Gasteiger partial charge in [-0.25, -0.2) is 0 Å². The van der Waals surface area contributed by atoms with Crippen LogP contribution in [0.4, 0.5) is 5.13 Å². The van der Waals surface area contributed by atoms with Crippen molar-refractivity contribution in [1.29, 1.82) is 0 Å². The first-order valence-corrected chi connectivity index (χ1v) is 8.74. The summed E-state index contributed by atoms with van der Waals surface area (Å²) in [4.78, 5) is 12.1. The van der Waals surface area contributed by atoms with Crippen LogP contribution >= 0.6 is 39.0 Å². The Balaban J connectivity index is 2.11. The van der Waals surface area contributed by atoms with E-state index in [2.05, 4.69) is 26.1 Å². The van der Waals surface area contributed by atoms with Crippen LogP contribution in [0.3, 0.4) is 0 Å². The summed E-state index contributed by atoms with van der Waals surface area (Å²) in [6, 6.07) is 7.85. The number of hydrogen-bond acceptors (Lipinski definition) is 7. The number of nitrogen functional groups attached to an aromatic ring is 1. The molecule has 0 bridgehead atoms. The molecule has 0 radical (unpaired) electrons. The molecule has 2 aromatic rings. The molecule has 0 unspecified atom stereocenters. The van der Waals surface area contributed by atoms with Gasteiger partial charge in [-0.1, -0.05) is 51.2 Å². The normalized spacial score (nSPS) is 12.1. The van der Waals surface area contributed by atoms with Crippen molar-refractivity contribution in [2.45, 2.75) is 22.9 Å². The van der Waals surface area contributed by atoms with Crippen LogP contribution in [0.5, 0.6) is 0 Å². The van der Waals surface area contributed by atoms with Gasteiger partial charge >= 0.3 is 5.97 Å². The third kappa shape index (κ3) is 4.98. The smallest absolute Gasteiger partial charge is 0.319 e. The number of hydrogen-bond donors (Lipinski definition) is 1. The fourth-order valence-electron chi connectivity index (χ4n) is 1.63. The lowest BCUT2D eigenvalue weighted by Gasteiger charge is -2.13. The Hall–Kier alpha value is -1.12. The van der Waals surface area contributed by atoms with E-state index in [9.17, 15) is 4.79 Å². The Bertz CT molecular complexity index is 604. The van der Waals surface area contributed by atoms with Crippen LogP contribution in [0.25, 0.3) is 0 Å². The number of aromatic nitrogens is 2. The van der Waals surface area contributed by atoms with Gasteiger partial charge in [0.15, 0.2) is 4.34 Å². The molecule has 1 aromatic heterocycles. The predicted molar refractivity (Wildman–Crippen MR) is 88.4 cm³/mol. The van der Waals surface area contributed by atoms with Crippen LogP contribution in [0.1, 0.15) is 12.5 Å². The summed E-state index contributed by atoms with van der Waals surface area (Å²) in [5.41, 5.74) is 6.63. The number of nitrogens with two attached hydrogens (primary N) is 1. The van der Waals surface area contributed by atoms with E-state index in [1.54, 1.807) is 6.92 Å². The van der Waals surface area contributed by atoms with Gasteiger partial charge in [0.2, 0.25) is 5.13 Å². The second-order valence-electron chi connectivity index (χ2n) is 4.10. The van der Waals surface area contributed by atoms with Crippen molar-refractivity contribution in [3.63, 3.8) is 0 Å². The molecular weight excluding hydrogens is 374 g/mol. The summed E-state index contributed by atoms with van der Waals surface area (Å²) in [6.07, 6.45) is 0.566. The maximum absolute atomic E-state index is 12.1. The predicted octanol–water partition coefficient (Wildman–Crippen LogP) is 3.15. The molecule has 0 aliphatic rings. The van der Waals surface area contributed by atoms with Gasteiger partial charge in [0.1, 0.15) is 5.25 Å². The fourth-order valence-corrected chi connectivity index (χ4v) is 3.81. The number of ether oxygens (including phenoxy) is 1. The van der Waals surface area contributed by atoms with Crippen LogP contribution in [0, 0.1) is 0 Å². The van der Waals surface area contributed by atoms with Crippen molar-refractivity contribution in [2.24, 2.45) is 0 Å². The molecule has 2 N–H and O–H groups in total. The fraction of sp³-hybridized carbons (Fsp3) is 0.308. The Morgan fingerprint density at radius 3 is 2.71 bits per heavy atom. The van der Waals surface area contributed by atoms with Crippen LogP contribution in [-0.2, 0) is 16.0 Å². The first-order chi connectivity index (χ1) is 10.1. The quantitative estimate of drug-likeness (QED) is 0.605. The average molecular weight is 388 g/mol. The number of halogens is 1. The van der Waals surface area contributed by atoms with Gasteiger partial charge in [-0.2, -0.15) is 0 Å². The Kier molecular flexibility index (Phi) is 6.01. The summed E-state index contributed by atoms with van der Waals surface area (Å²) >= 11 is 6.00. The molecule has 112 valence electrons. The molecule has 1 heterocycles. The van der Waals surface area contributed by atoms with E-state index >= 15 is 0 Å². The van der Waals surface area contributed by atoms with Crippen molar-refractivity contribution in [3.05, 3.63) is 34.3 Å². The van der Waals surface area contributed by atoms with E-state index in [4.69, 9.17) is 10.5 Å². The largest absolute Gasteiger partial charge is 0.465 e. The van der Waals surface area contributed by atoms with E-state index in [1.807, 2.05) is 24.3 Å². The minimum atomic E-state index is -0.363. The molecule has 1 atom stereocenters. The number of anilines is 1. The highest BCUT2D eigenvalue weighted by Gasteiger charge is 2.23. The van der Waals surface area contributed by atoms with Crippen molar-refractivity contribution < 1.29 is 9.53 Å². The average Bonchev–Trinajstić information content (AvgIpc) is 2.86. The maximum atomic E-state index is 12.1. The lowest BCUT2D eigenvalue weighted by molar-refractivity contribution is -0.142. The summed E-state index contributed by atoms with van der Waals surface area (Å²) in [5, 5.41) is 7.74. The van der Waals surface area contributed by atoms with Gasteiger partial charge in [0, 0.05) is 4.47 Å². The highest BCUT2D eigenvalue weighted by atomic mass is 79.9. The van der Waals surface area contributed by atoms with Crippen molar-refractivity contribution >= 4 is 50.1 Å². The van der Waals surface area contributed by atoms with E-state index < -0.39 is 0 Å². The van der Waals surface area contributed by atoms with Crippen LogP contribution < -0.4 is 5.73 Å². The Morgan fingerprint density at radius 2 is 2.14 bits per heavy atom. The molecule has 1 aromatic carbocycles. The summed E-state index contributed by atoms with van der Waals surface area (Å²) in [6.45, 7) is 2.15. The minimum absolute atomic E-state index is 0.251. The Labute approximate surface area is 139 Å². The van der Waals surface area contributed by atoms with Crippen molar-refractivity contribution in [2.75, 3.05) is 12.3 Å². The van der Waals surface area contributed by atoms with E-state index in [1.165, 1.54) is 23.1 Å². The zero-order valence-corrected chi connectivity index (χ0v) is 14.5. The minimum Gasteiger partial charge on any atom is -0.465 e. The first kappa shape index (κ1) is 16.3.